The third kappa shape index (κ3) is 4.21. The molecular formula is C19H20N4O4S. The number of hydrogen-bond acceptors (Lipinski definition) is 4. The number of para-hydroxylation sites is 1. The number of hydrazine groups is 1. The summed E-state index contributed by atoms with van der Waals surface area (Å²) < 4.78 is 25.9. The van der Waals surface area contributed by atoms with Crippen molar-refractivity contribution in [3.05, 3.63) is 65.9 Å². The molecule has 0 saturated carbocycles. The maximum absolute atomic E-state index is 12.5. The molecule has 0 saturated heterocycles. The van der Waals surface area contributed by atoms with Crippen molar-refractivity contribution in [3.63, 3.8) is 0 Å². The third-order valence-corrected chi connectivity index (χ3v) is 6.00. The summed E-state index contributed by atoms with van der Waals surface area (Å²) in [6, 6.07) is 15.4. The van der Waals surface area contributed by atoms with Crippen molar-refractivity contribution in [3.8, 4) is 0 Å². The smallest absolute Gasteiger partial charge is 0.286 e. The number of sulfonamides is 1. The predicted molar refractivity (Wildman–Crippen MR) is 105 cm³/mol. The fourth-order valence-electron chi connectivity index (χ4n) is 2.61. The molecule has 146 valence electrons. The van der Waals surface area contributed by atoms with Crippen molar-refractivity contribution in [2.75, 3.05) is 13.6 Å². The number of hydrogen-bond donors (Lipinski definition) is 3. The van der Waals surface area contributed by atoms with Crippen LogP contribution in [0.1, 0.15) is 16.1 Å². The first kappa shape index (κ1) is 19.6. The van der Waals surface area contributed by atoms with E-state index in [9.17, 15) is 18.0 Å². The highest BCUT2D eigenvalue weighted by Crippen LogP contribution is 2.15. The van der Waals surface area contributed by atoms with E-state index >= 15 is 0 Å². The molecule has 0 aliphatic rings. The molecular weight excluding hydrogens is 380 g/mol. The molecule has 0 spiro atoms. The average Bonchev–Trinajstić information content (AvgIpc) is 3.10. The fraction of sp³-hybridized carbons (Fsp3) is 0.158. The van der Waals surface area contributed by atoms with Gasteiger partial charge in [-0.25, -0.2) is 8.42 Å². The zero-order valence-corrected chi connectivity index (χ0v) is 16.2. The van der Waals surface area contributed by atoms with E-state index in [2.05, 4.69) is 15.8 Å². The van der Waals surface area contributed by atoms with Crippen LogP contribution in [0.25, 0.3) is 10.9 Å². The van der Waals surface area contributed by atoms with Crippen LogP contribution in [0, 0.1) is 6.92 Å². The molecule has 0 unspecified atom stereocenters. The number of aromatic nitrogens is 1. The number of carbonyl (C=O) groups is 2. The van der Waals surface area contributed by atoms with Crippen LogP contribution in [0.15, 0.2) is 59.5 Å². The Labute approximate surface area is 162 Å². The number of aromatic amines is 1. The van der Waals surface area contributed by atoms with E-state index in [1.807, 2.05) is 31.2 Å². The Balaban J connectivity index is 1.58. The lowest BCUT2D eigenvalue weighted by atomic mass is 10.2. The quantitative estimate of drug-likeness (QED) is 0.564. The number of amides is 2. The van der Waals surface area contributed by atoms with Gasteiger partial charge in [0.05, 0.1) is 11.4 Å². The van der Waals surface area contributed by atoms with E-state index in [1.54, 1.807) is 18.2 Å². The summed E-state index contributed by atoms with van der Waals surface area (Å²) in [6.45, 7) is 1.41. The predicted octanol–water partition coefficient (Wildman–Crippen LogP) is 1.56. The lowest BCUT2D eigenvalue weighted by molar-refractivity contribution is -0.121. The van der Waals surface area contributed by atoms with Crippen LogP contribution in [0.3, 0.4) is 0 Å². The van der Waals surface area contributed by atoms with Gasteiger partial charge in [-0.1, -0.05) is 35.9 Å². The second kappa shape index (κ2) is 7.83. The van der Waals surface area contributed by atoms with Crippen molar-refractivity contribution in [1.82, 2.24) is 20.1 Å². The SMILES string of the molecule is Cc1ccc(S(=O)(=O)N(C)CC(=O)NNC(=O)c2cc3ccccc3[nH]2)cc1. The number of nitrogens with one attached hydrogen (secondary N) is 3. The number of rotatable bonds is 5. The van der Waals surface area contributed by atoms with Gasteiger partial charge in [-0.3, -0.25) is 20.4 Å². The number of benzene rings is 2. The lowest BCUT2D eigenvalue weighted by Gasteiger charge is -2.17. The molecule has 0 fully saturated rings. The average molecular weight is 400 g/mol. The monoisotopic (exact) mass is 400 g/mol. The van der Waals surface area contributed by atoms with Crippen LogP contribution < -0.4 is 10.9 Å². The molecule has 3 N–H and O–H groups in total. The second-order valence-corrected chi connectivity index (χ2v) is 8.39. The van der Waals surface area contributed by atoms with E-state index in [1.165, 1.54) is 19.2 Å². The van der Waals surface area contributed by atoms with Crippen LogP contribution in [-0.2, 0) is 14.8 Å². The molecule has 1 heterocycles. The molecule has 0 bridgehead atoms. The molecule has 3 aromatic rings. The minimum Gasteiger partial charge on any atom is -0.350 e. The third-order valence-electron chi connectivity index (χ3n) is 4.19. The topological polar surface area (TPSA) is 111 Å². The van der Waals surface area contributed by atoms with Crippen molar-refractivity contribution in [1.29, 1.82) is 0 Å². The molecule has 8 nitrogen and oxygen atoms in total. The first-order valence-electron chi connectivity index (χ1n) is 8.47. The lowest BCUT2D eigenvalue weighted by Crippen LogP contribution is -2.46. The summed E-state index contributed by atoms with van der Waals surface area (Å²) in [7, 11) is -2.51. The standard InChI is InChI=1S/C19H20N4O4S/c1-13-7-9-15(10-8-13)28(26,27)23(2)12-18(24)21-22-19(25)17-11-14-5-3-4-6-16(14)20-17/h3-11,20H,12H2,1-2H3,(H,21,24)(H,22,25). The Hall–Kier alpha value is -3.17. The number of likely N-dealkylation sites (N-methyl/N-ethyl adjacent to an activating group) is 1. The van der Waals surface area contributed by atoms with Gasteiger partial charge in [-0.15, -0.1) is 0 Å². The van der Waals surface area contributed by atoms with Crippen molar-refractivity contribution >= 4 is 32.7 Å². The Kier molecular flexibility index (Phi) is 5.48. The van der Waals surface area contributed by atoms with Gasteiger partial charge in [-0.05, 0) is 31.2 Å². The minimum absolute atomic E-state index is 0.0931. The van der Waals surface area contributed by atoms with Gasteiger partial charge in [0.25, 0.3) is 11.8 Å². The van der Waals surface area contributed by atoms with Crippen LogP contribution in [0.4, 0.5) is 0 Å². The molecule has 0 aliphatic heterocycles. The molecule has 28 heavy (non-hydrogen) atoms. The van der Waals surface area contributed by atoms with E-state index in [4.69, 9.17) is 0 Å². The maximum atomic E-state index is 12.5. The Morgan fingerprint density at radius 1 is 1.04 bits per heavy atom. The zero-order chi connectivity index (χ0) is 20.3. The number of H-pyrrole nitrogens is 1. The van der Waals surface area contributed by atoms with Crippen LogP contribution in [0.2, 0.25) is 0 Å². The van der Waals surface area contributed by atoms with Crippen molar-refractivity contribution < 1.29 is 18.0 Å². The van der Waals surface area contributed by atoms with Crippen molar-refractivity contribution in [2.45, 2.75) is 11.8 Å². The summed E-state index contributed by atoms with van der Waals surface area (Å²) >= 11 is 0. The van der Waals surface area contributed by atoms with Crippen LogP contribution >= 0.6 is 0 Å². The molecule has 2 aromatic carbocycles. The summed E-state index contributed by atoms with van der Waals surface area (Å²) in [5.41, 5.74) is 6.50. The van der Waals surface area contributed by atoms with Crippen molar-refractivity contribution in [2.24, 2.45) is 0 Å². The van der Waals surface area contributed by atoms with Gasteiger partial charge in [0.15, 0.2) is 0 Å². The maximum Gasteiger partial charge on any atom is 0.286 e. The van der Waals surface area contributed by atoms with E-state index < -0.39 is 28.4 Å². The van der Waals surface area contributed by atoms with Gasteiger partial charge in [0.1, 0.15) is 5.69 Å². The molecule has 1 aromatic heterocycles. The highest BCUT2D eigenvalue weighted by molar-refractivity contribution is 7.89. The number of aryl methyl sites for hydroxylation is 1. The zero-order valence-electron chi connectivity index (χ0n) is 15.4. The highest BCUT2D eigenvalue weighted by Gasteiger charge is 2.23. The van der Waals surface area contributed by atoms with Crippen LogP contribution in [-0.4, -0.2) is 43.1 Å². The normalized spacial score (nSPS) is 11.5. The fourth-order valence-corrected chi connectivity index (χ4v) is 3.73. The largest absolute Gasteiger partial charge is 0.350 e. The summed E-state index contributed by atoms with van der Waals surface area (Å²) in [5.74, 6) is -1.20. The van der Waals surface area contributed by atoms with Gasteiger partial charge < -0.3 is 4.98 Å². The summed E-state index contributed by atoms with van der Waals surface area (Å²) in [6.07, 6.45) is 0. The Morgan fingerprint density at radius 3 is 2.39 bits per heavy atom. The molecule has 9 heteroatoms. The van der Waals surface area contributed by atoms with Gasteiger partial charge in [0, 0.05) is 18.0 Å². The minimum atomic E-state index is -3.81. The number of carbonyl (C=O) groups excluding carboxylic acids is 2. The first-order valence-corrected chi connectivity index (χ1v) is 9.91. The van der Waals surface area contributed by atoms with E-state index in [0.29, 0.717) is 0 Å². The second-order valence-electron chi connectivity index (χ2n) is 6.35. The summed E-state index contributed by atoms with van der Waals surface area (Å²) in [5, 5.41) is 0.864. The van der Waals surface area contributed by atoms with E-state index in [-0.39, 0.29) is 10.6 Å². The van der Waals surface area contributed by atoms with Gasteiger partial charge in [0.2, 0.25) is 10.0 Å². The van der Waals surface area contributed by atoms with E-state index in [0.717, 1.165) is 20.8 Å². The Bertz CT molecular complexity index is 1090. The summed E-state index contributed by atoms with van der Waals surface area (Å²) in [4.78, 5) is 27.3. The number of nitrogens with zero attached hydrogens (tertiary/aromatic N) is 1. The molecule has 3 rings (SSSR count). The molecule has 2 amide bonds. The van der Waals surface area contributed by atoms with Crippen LogP contribution in [0.5, 0.6) is 0 Å². The number of fused-ring (bicyclic) bond motifs is 1. The Morgan fingerprint density at radius 2 is 1.71 bits per heavy atom. The molecule has 0 aliphatic carbocycles. The molecule has 0 radical (unpaired) electrons. The first-order chi connectivity index (χ1) is 13.3. The van der Waals surface area contributed by atoms with Gasteiger partial charge >= 0.3 is 0 Å². The highest BCUT2D eigenvalue weighted by atomic mass is 32.2. The van der Waals surface area contributed by atoms with Gasteiger partial charge in [-0.2, -0.15) is 4.31 Å². The molecule has 0 atom stereocenters.